The molecule has 1 aromatic rings. The monoisotopic (exact) mass is 374 g/mol. The lowest BCUT2D eigenvalue weighted by Crippen LogP contribution is -2.45. The summed E-state index contributed by atoms with van der Waals surface area (Å²) in [6.45, 7) is 4.87. The van der Waals surface area contributed by atoms with Crippen molar-refractivity contribution < 1.29 is 13.9 Å². The van der Waals surface area contributed by atoms with Gasteiger partial charge in [-0.05, 0) is 31.0 Å². The Balaban J connectivity index is 1.72. The molecule has 1 heterocycles. The molecule has 132 valence electrons. The number of halogens is 3. The Hall–Kier alpha value is -0.880. The molecule has 2 aliphatic rings. The third-order valence-electron chi connectivity index (χ3n) is 4.93. The Morgan fingerprint density at radius 3 is 2.67 bits per heavy atom. The molecule has 0 spiro atoms. The highest BCUT2D eigenvalue weighted by atomic mass is 35.5. The highest BCUT2D eigenvalue weighted by molar-refractivity contribution is 6.53. The van der Waals surface area contributed by atoms with Crippen LogP contribution in [-0.4, -0.2) is 48.0 Å². The second-order valence-corrected chi connectivity index (χ2v) is 8.13. The van der Waals surface area contributed by atoms with E-state index in [1.807, 2.05) is 6.07 Å². The predicted molar refractivity (Wildman–Crippen MR) is 91.7 cm³/mol. The molecule has 7 heteroatoms. The number of ether oxygens (including phenoxy) is 1. The van der Waals surface area contributed by atoms with E-state index in [4.69, 9.17) is 27.9 Å². The third kappa shape index (κ3) is 3.54. The lowest BCUT2D eigenvalue weighted by Gasteiger charge is -2.35. The van der Waals surface area contributed by atoms with Crippen LogP contribution in [0.1, 0.15) is 24.9 Å². The zero-order chi connectivity index (χ0) is 17.4. The van der Waals surface area contributed by atoms with Crippen molar-refractivity contribution in [3.63, 3.8) is 0 Å². The first kappa shape index (κ1) is 17.9. The Labute approximate surface area is 151 Å². The smallest absolute Gasteiger partial charge is 0.229 e. The molecule has 1 aliphatic heterocycles. The molecule has 0 bridgehead atoms. The number of rotatable bonds is 5. The number of nitrogens with one attached hydrogen (secondary N) is 1. The van der Waals surface area contributed by atoms with Crippen LogP contribution in [0.25, 0.3) is 0 Å². The molecule has 1 N–H and O–H groups in total. The maximum atomic E-state index is 13.6. The van der Waals surface area contributed by atoms with E-state index in [-0.39, 0.29) is 17.8 Å². The highest BCUT2D eigenvalue weighted by Crippen LogP contribution is 2.63. The molecule has 3 rings (SSSR count). The SMILES string of the molecule is C[C@]1(C(=O)NC[C@H](c2cccc(F)c2)N2CCOCC2)CC1(Cl)Cl. The van der Waals surface area contributed by atoms with Gasteiger partial charge in [0.2, 0.25) is 5.91 Å². The van der Waals surface area contributed by atoms with Crippen LogP contribution in [0.2, 0.25) is 0 Å². The largest absolute Gasteiger partial charge is 0.379 e. The Morgan fingerprint density at radius 2 is 2.08 bits per heavy atom. The molecule has 0 aromatic heterocycles. The zero-order valence-corrected chi connectivity index (χ0v) is 15.0. The molecule has 1 aromatic carbocycles. The first-order valence-corrected chi connectivity index (χ1v) is 8.82. The molecule has 2 fully saturated rings. The minimum Gasteiger partial charge on any atom is -0.379 e. The summed E-state index contributed by atoms with van der Waals surface area (Å²) in [5, 5.41) is 2.94. The van der Waals surface area contributed by atoms with Crippen LogP contribution in [0, 0.1) is 11.2 Å². The fourth-order valence-corrected chi connectivity index (χ4v) is 3.80. The van der Waals surface area contributed by atoms with Gasteiger partial charge >= 0.3 is 0 Å². The van der Waals surface area contributed by atoms with Gasteiger partial charge in [0.05, 0.1) is 24.7 Å². The molecule has 1 amide bonds. The van der Waals surface area contributed by atoms with Gasteiger partial charge in [-0.3, -0.25) is 9.69 Å². The van der Waals surface area contributed by atoms with E-state index >= 15 is 0 Å². The minimum absolute atomic E-state index is 0.115. The van der Waals surface area contributed by atoms with E-state index in [0.717, 1.165) is 18.7 Å². The van der Waals surface area contributed by atoms with Crippen molar-refractivity contribution >= 4 is 29.1 Å². The summed E-state index contributed by atoms with van der Waals surface area (Å²) >= 11 is 12.1. The van der Waals surface area contributed by atoms with Gasteiger partial charge in [-0.1, -0.05) is 12.1 Å². The van der Waals surface area contributed by atoms with Crippen molar-refractivity contribution in [2.45, 2.75) is 23.7 Å². The Kier molecular flexibility index (Phi) is 5.07. The van der Waals surface area contributed by atoms with Crippen molar-refractivity contribution in [1.29, 1.82) is 0 Å². The summed E-state index contributed by atoms with van der Waals surface area (Å²) in [5.74, 6) is -0.450. The number of amides is 1. The third-order valence-corrected chi connectivity index (χ3v) is 6.04. The van der Waals surface area contributed by atoms with E-state index in [1.165, 1.54) is 12.1 Å². The molecule has 0 unspecified atom stereocenters. The van der Waals surface area contributed by atoms with Gasteiger partial charge in [-0.2, -0.15) is 0 Å². The van der Waals surface area contributed by atoms with Crippen LogP contribution < -0.4 is 5.32 Å². The fraction of sp³-hybridized carbons (Fsp3) is 0.588. The molecule has 4 nitrogen and oxygen atoms in total. The van der Waals surface area contributed by atoms with Gasteiger partial charge in [0.25, 0.3) is 0 Å². The number of hydrogen-bond donors (Lipinski definition) is 1. The number of morpholine rings is 1. The average Bonchev–Trinajstić information content (AvgIpc) is 3.08. The second-order valence-electron chi connectivity index (χ2n) is 6.64. The van der Waals surface area contributed by atoms with Crippen molar-refractivity contribution in [2.75, 3.05) is 32.8 Å². The Bertz CT molecular complexity index is 622. The average molecular weight is 375 g/mol. The topological polar surface area (TPSA) is 41.6 Å². The number of carbonyl (C=O) groups excluding carboxylic acids is 1. The molecule has 1 saturated carbocycles. The summed E-state index contributed by atoms with van der Waals surface area (Å²) in [6.07, 6.45) is 0.442. The van der Waals surface area contributed by atoms with Crippen molar-refractivity contribution in [3.8, 4) is 0 Å². The molecular formula is C17H21Cl2FN2O2. The molecule has 2 atom stereocenters. The predicted octanol–water partition coefficient (Wildman–Crippen LogP) is 2.90. The lowest BCUT2D eigenvalue weighted by atomic mass is 10.0. The van der Waals surface area contributed by atoms with Crippen LogP contribution in [0.3, 0.4) is 0 Å². The summed E-state index contributed by atoms with van der Waals surface area (Å²) in [5.41, 5.74) is 0.0781. The van der Waals surface area contributed by atoms with E-state index < -0.39 is 9.75 Å². The van der Waals surface area contributed by atoms with Crippen LogP contribution in [-0.2, 0) is 9.53 Å². The molecule has 1 aliphatic carbocycles. The molecule has 1 saturated heterocycles. The number of benzene rings is 1. The summed E-state index contributed by atoms with van der Waals surface area (Å²) in [7, 11) is 0. The summed E-state index contributed by atoms with van der Waals surface area (Å²) in [4.78, 5) is 14.6. The first-order chi connectivity index (χ1) is 11.3. The standard InChI is InChI=1S/C17H21Cl2FN2O2/c1-16(11-17(16,18)19)15(23)21-10-14(22-5-7-24-8-6-22)12-3-2-4-13(20)9-12/h2-4,9,14H,5-8,10-11H2,1H3,(H,21,23)/t14-,16-/m1/s1. The lowest BCUT2D eigenvalue weighted by molar-refractivity contribution is -0.126. The number of hydrogen-bond acceptors (Lipinski definition) is 3. The minimum atomic E-state index is -0.996. The highest BCUT2D eigenvalue weighted by Gasteiger charge is 2.67. The zero-order valence-electron chi connectivity index (χ0n) is 13.5. The van der Waals surface area contributed by atoms with Gasteiger partial charge < -0.3 is 10.1 Å². The number of nitrogens with zero attached hydrogens (tertiary/aromatic N) is 1. The first-order valence-electron chi connectivity index (χ1n) is 8.07. The summed E-state index contributed by atoms with van der Waals surface area (Å²) < 4.78 is 18.0. The van der Waals surface area contributed by atoms with Gasteiger partial charge in [0.1, 0.15) is 10.2 Å². The van der Waals surface area contributed by atoms with Crippen LogP contribution in [0.5, 0.6) is 0 Å². The molecule has 0 radical (unpaired) electrons. The van der Waals surface area contributed by atoms with E-state index in [9.17, 15) is 9.18 Å². The normalized spacial score (nSPS) is 27.5. The van der Waals surface area contributed by atoms with Crippen molar-refractivity contribution in [3.05, 3.63) is 35.6 Å². The van der Waals surface area contributed by atoms with Gasteiger partial charge in [-0.25, -0.2) is 4.39 Å². The van der Waals surface area contributed by atoms with Crippen molar-refractivity contribution in [2.24, 2.45) is 5.41 Å². The molecular weight excluding hydrogens is 354 g/mol. The van der Waals surface area contributed by atoms with Crippen molar-refractivity contribution in [1.82, 2.24) is 10.2 Å². The fourth-order valence-electron chi connectivity index (χ4n) is 3.09. The van der Waals surface area contributed by atoms with Crippen LogP contribution in [0.15, 0.2) is 24.3 Å². The van der Waals surface area contributed by atoms with Gasteiger partial charge in [-0.15, -0.1) is 23.2 Å². The van der Waals surface area contributed by atoms with E-state index in [2.05, 4.69) is 10.2 Å². The van der Waals surface area contributed by atoms with Gasteiger partial charge in [0.15, 0.2) is 0 Å². The van der Waals surface area contributed by atoms with Crippen LogP contribution >= 0.6 is 23.2 Å². The number of carbonyl (C=O) groups is 1. The second kappa shape index (κ2) is 6.79. The van der Waals surface area contributed by atoms with Crippen LogP contribution in [0.4, 0.5) is 4.39 Å². The molecule has 24 heavy (non-hydrogen) atoms. The van der Waals surface area contributed by atoms with E-state index in [0.29, 0.717) is 26.2 Å². The summed E-state index contributed by atoms with van der Waals surface area (Å²) in [6, 6.07) is 6.38. The van der Waals surface area contributed by atoms with Gasteiger partial charge in [0, 0.05) is 19.6 Å². The Morgan fingerprint density at radius 1 is 1.42 bits per heavy atom. The number of alkyl halides is 2. The van der Waals surface area contributed by atoms with E-state index in [1.54, 1.807) is 13.0 Å². The quantitative estimate of drug-likeness (QED) is 0.805. The maximum Gasteiger partial charge on any atom is 0.229 e. The maximum absolute atomic E-state index is 13.6.